The van der Waals surface area contributed by atoms with Crippen molar-refractivity contribution in [2.75, 3.05) is 31.8 Å². The highest BCUT2D eigenvalue weighted by Gasteiger charge is 1.96. The van der Waals surface area contributed by atoms with Crippen molar-refractivity contribution < 1.29 is 0 Å². The van der Waals surface area contributed by atoms with Crippen LogP contribution < -0.4 is 5.73 Å². The van der Waals surface area contributed by atoms with Gasteiger partial charge in [0.2, 0.25) is 0 Å². The number of hydrogen-bond donors (Lipinski definition) is 1. The van der Waals surface area contributed by atoms with Crippen molar-refractivity contribution in [3.8, 4) is 0 Å². The Balaban J connectivity index is 3.09. The highest BCUT2D eigenvalue weighted by atomic mass is 32.2. The lowest BCUT2D eigenvalue weighted by atomic mass is 10.4. The van der Waals surface area contributed by atoms with E-state index in [1.54, 1.807) is 0 Å². The molecule has 10 heavy (non-hydrogen) atoms. The van der Waals surface area contributed by atoms with Crippen molar-refractivity contribution in [3.05, 3.63) is 0 Å². The van der Waals surface area contributed by atoms with Gasteiger partial charge in [-0.15, -0.1) is 0 Å². The van der Waals surface area contributed by atoms with Crippen molar-refractivity contribution in [2.45, 2.75) is 13.3 Å². The minimum atomic E-state index is 0.699. The van der Waals surface area contributed by atoms with Gasteiger partial charge in [-0.25, -0.2) is 0 Å². The molecule has 0 radical (unpaired) electrons. The maximum absolute atomic E-state index is 5.48. The molecule has 0 spiro atoms. The van der Waals surface area contributed by atoms with Crippen LogP contribution in [0.25, 0.3) is 0 Å². The Morgan fingerprint density at radius 2 is 2.20 bits per heavy atom. The van der Waals surface area contributed by atoms with Crippen LogP contribution in [0.5, 0.6) is 0 Å². The van der Waals surface area contributed by atoms with Gasteiger partial charge in [0.15, 0.2) is 0 Å². The Bertz CT molecular complexity index is 64.6. The molecule has 0 aliphatic carbocycles. The van der Waals surface area contributed by atoms with Crippen molar-refractivity contribution in [2.24, 2.45) is 5.73 Å². The molecule has 0 unspecified atom stereocenters. The topological polar surface area (TPSA) is 29.3 Å². The van der Waals surface area contributed by atoms with Gasteiger partial charge < -0.3 is 5.73 Å². The quantitative estimate of drug-likeness (QED) is 0.466. The van der Waals surface area contributed by atoms with Crippen LogP contribution in [-0.4, -0.2) is 36.7 Å². The molecule has 0 rings (SSSR count). The molecule has 62 valence electrons. The predicted molar refractivity (Wildman–Crippen MR) is 49.3 cm³/mol. The fraction of sp³-hybridized carbons (Fsp3) is 1.00. The summed E-state index contributed by atoms with van der Waals surface area (Å²) in [5.74, 6) is 1.25. The molecular formula is C7H18N2S. The van der Waals surface area contributed by atoms with Crippen LogP contribution in [0.3, 0.4) is 0 Å². The van der Waals surface area contributed by atoms with Gasteiger partial charge in [-0.3, -0.25) is 4.90 Å². The van der Waals surface area contributed by atoms with Crippen molar-refractivity contribution in [1.82, 2.24) is 4.90 Å². The molecular weight excluding hydrogens is 144 g/mol. The van der Waals surface area contributed by atoms with Gasteiger partial charge in [0.05, 0.1) is 0 Å². The first kappa shape index (κ1) is 10.3. The lowest BCUT2D eigenvalue weighted by molar-refractivity contribution is 0.298. The van der Waals surface area contributed by atoms with Crippen LogP contribution in [0, 0.1) is 0 Å². The Hall–Kier alpha value is 0.270. The molecule has 0 saturated carbocycles. The molecule has 0 aromatic heterocycles. The number of nitrogens with two attached hydrogens (primary N) is 1. The molecule has 0 fully saturated rings. The number of hydrogen-bond acceptors (Lipinski definition) is 3. The fourth-order valence-electron chi connectivity index (χ4n) is 0.811. The lowest BCUT2D eigenvalue weighted by Gasteiger charge is -2.16. The summed E-state index contributed by atoms with van der Waals surface area (Å²) in [5, 5.41) is 0. The van der Waals surface area contributed by atoms with E-state index >= 15 is 0 Å². The fourth-order valence-corrected chi connectivity index (χ4v) is 1.23. The first-order valence-corrected chi connectivity index (χ1v) is 5.15. The Kier molecular flexibility index (Phi) is 7.58. The smallest absolute Gasteiger partial charge is 0.0455 e. The molecule has 0 bridgehead atoms. The maximum atomic E-state index is 5.48. The minimum Gasteiger partial charge on any atom is -0.318 e. The van der Waals surface area contributed by atoms with Gasteiger partial charge in [0, 0.05) is 13.2 Å². The van der Waals surface area contributed by atoms with E-state index < -0.39 is 0 Å². The third-order valence-corrected chi connectivity index (χ3v) is 2.23. The van der Waals surface area contributed by atoms with Gasteiger partial charge in [-0.2, -0.15) is 11.8 Å². The molecule has 0 aliphatic rings. The number of nitrogens with zero attached hydrogens (tertiary/aromatic N) is 1. The molecule has 0 heterocycles. The Morgan fingerprint density at radius 3 is 2.60 bits per heavy atom. The summed E-state index contributed by atoms with van der Waals surface area (Å²) in [5.41, 5.74) is 5.48. The van der Waals surface area contributed by atoms with E-state index in [0.29, 0.717) is 6.67 Å². The summed E-state index contributed by atoms with van der Waals surface area (Å²) in [6.45, 7) is 5.07. The van der Waals surface area contributed by atoms with Crippen LogP contribution in [-0.2, 0) is 0 Å². The zero-order valence-electron chi connectivity index (χ0n) is 6.97. The maximum Gasteiger partial charge on any atom is 0.0455 e. The highest BCUT2D eigenvalue weighted by molar-refractivity contribution is 7.98. The summed E-state index contributed by atoms with van der Waals surface area (Å²) in [7, 11) is 0. The molecule has 0 aliphatic heterocycles. The van der Waals surface area contributed by atoms with E-state index in [4.69, 9.17) is 5.73 Å². The van der Waals surface area contributed by atoms with Gasteiger partial charge in [-0.1, -0.05) is 6.92 Å². The average molecular weight is 162 g/mol. The molecule has 2 N–H and O–H groups in total. The van der Waals surface area contributed by atoms with E-state index in [1.807, 2.05) is 11.8 Å². The third-order valence-electron chi connectivity index (χ3n) is 1.53. The van der Waals surface area contributed by atoms with Gasteiger partial charge in [0.1, 0.15) is 0 Å². The largest absolute Gasteiger partial charge is 0.318 e. The second-order valence-corrected chi connectivity index (χ2v) is 3.23. The first-order chi connectivity index (χ1) is 4.85. The number of rotatable bonds is 6. The number of thioether (sulfide) groups is 1. The average Bonchev–Trinajstić information content (AvgIpc) is 1.99. The van der Waals surface area contributed by atoms with Gasteiger partial charge in [0.25, 0.3) is 0 Å². The Morgan fingerprint density at radius 1 is 1.50 bits per heavy atom. The molecule has 0 saturated heterocycles. The van der Waals surface area contributed by atoms with E-state index in [0.717, 1.165) is 13.1 Å². The summed E-state index contributed by atoms with van der Waals surface area (Å²) >= 11 is 1.90. The Labute approximate surface area is 68.2 Å². The molecule has 0 amide bonds. The lowest BCUT2D eigenvalue weighted by Crippen LogP contribution is -2.30. The first-order valence-electron chi connectivity index (χ1n) is 3.76. The van der Waals surface area contributed by atoms with Crippen LogP contribution >= 0.6 is 11.8 Å². The third kappa shape index (κ3) is 5.09. The van der Waals surface area contributed by atoms with Crippen LogP contribution in [0.4, 0.5) is 0 Å². The normalized spacial score (nSPS) is 10.8. The molecule has 0 atom stereocenters. The van der Waals surface area contributed by atoms with Crippen LogP contribution in [0.15, 0.2) is 0 Å². The van der Waals surface area contributed by atoms with E-state index in [2.05, 4.69) is 18.1 Å². The van der Waals surface area contributed by atoms with Crippen molar-refractivity contribution >= 4 is 11.8 Å². The van der Waals surface area contributed by atoms with Crippen molar-refractivity contribution in [1.29, 1.82) is 0 Å². The summed E-state index contributed by atoms with van der Waals surface area (Å²) in [4.78, 5) is 2.25. The zero-order chi connectivity index (χ0) is 7.82. The zero-order valence-corrected chi connectivity index (χ0v) is 7.78. The second kappa shape index (κ2) is 7.38. The van der Waals surface area contributed by atoms with E-state index in [-0.39, 0.29) is 0 Å². The van der Waals surface area contributed by atoms with Crippen molar-refractivity contribution in [3.63, 3.8) is 0 Å². The van der Waals surface area contributed by atoms with Gasteiger partial charge in [-0.05, 0) is 25.0 Å². The van der Waals surface area contributed by atoms with Crippen LogP contribution in [0.2, 0.25) is 0 Å². The molecule has 3 heteroatoms. The summed E-state index contributed by atoms with van der Waals surface area (Å²) in [6.07, 6.45) is 3.39. The monoisotopic (exact) mass is 162 g/mol. The van der Waals surface area contributed by atoms with Crippen LogP contribution in [0.1, 0.15) is 13.3 Å². The second-order valence-electron chi connectivity index (χ2n) is 2.24. The van der Waals surface area contributed by atoms with E-state index in [9.17, 15) is 0 Å². The van der Waals surface area contributed by atoms with E-state index in [1.165, 1.54) is 12.2 Å². The predicted octanol–water partition coefficient (Wildman–Crippen LogP) is 0.978. The minimum absolute atomic E-state index is 0.699. The SMILES string of the molecule is CCN(CN)CCCSC. The highest BCUT2D eigenvalue weighted by Crippen LogP contribution is 1.96. The molecule has 0 aromatic rings. The van der Waals surface area contributed by atoms with Gasteiger partial charge >= 0.3 is 0 Å². The standard InChI is InChI=1S/C7H18N2S/c1-3-9(7-8)5-4-6-10-2/h3-8H2,1-2H3. The summed E-state index contributed by atoms with van der Waals surface area (Å²) < 4.78 is 0. The molecule has 0 aromatic carbocycles. The summed E-state index contributed by atoms with van der Waals surface area (Å²) in [6, 6.07) is 0. The molecule has 2 nitrogen and oxygen atoms in total.